The molecule has 0 unspecified atom stereocenters. The summed E-state index contributed by atoms with van der Waals surface area (Å²) in [6, 6.07) is 0. The van der Waals surface area contributed by atoms with Crippen molar-refractivity contribution in [3.8, 4) is 0 Å². The van der Waals surface area contributed by atoms with E-state index in [-0.39, 0.29) is 11.8 Å². The maximum atomic E-state index is 12.4. The van der Waals surface area contributed by atoms with Crippen LogP contribution in [0.2, 0.25) is 0 Å². The van der Waals surface area contributed by atoms with Crippen LogP contribution in [0.3, 0.4) is 0 Å². The van der Waals surface area contributed by atoms with E-state index in [1.54, 1.807) is 13.8 Å². The molecule has 3 nitrogen and oxygen atoms in total. The minimum atomic E-state index is -0.806. The van der Waals surface area contributed by atoms with Gasteiger partial charge in [0.25, 0.3) is 0 Å². The summed E-state index contributed by atoms with van der Waals surface area (Å²) in [5.41, 5.74) is -0.413. The average molecular weight is 255 g/mol. The molecule has 1 amide bonds. The van der Waals surface area contributed by atoms with E-state index in [1.807, 2.05) is 11.8 Å². The lowest BCUT2D eigenvalue weighted by molar-refractivity contribution is -0.140. The highest BCUT2D eigenvalue weighted by atomic mass is 16.3. The molecule has 0 radical (unpaired) electrons. The maximum Gasteiger partial charge on any atom is 0.225 e. The van der Waals surface area contributed by atoms with Crippen LogP contribution in [-0.4, -0.2) is 34.6 Å². The molecular weight excluding hydrogens is 226 g/mol. The van der Waals surface area contributed by atoms with Gasteiger partial charge in [0.05, 0.1) is 5.60 Å². The standard InChI is InChI=1S/C15H29NO2/c1-6-16(11-15(4,5)18)13(17)12-7-9-14(2,3)10-8-12/h12,18H,6-11H2,1-5H3. The summed E-state index contributed by atoms with van der Waals surface area (Å²) in [7, 11) is 0. The van der Waals surface area contributed by atoms with Crippen molar-refractivity contribution in [3.05, 3.63) is 0 Å². The third-order valence-electron chi connectivity index (χ3n) is 3.96. The van der Waals surface area contributed by atoms with Gasteiger partial charge in [0.2, 0.25) is 5.91 Å². The molecule has 0 bridgehead atoms. The van der Waals surface area contributed by atoms with Crippen molar-refractivity contribution in [2.75, 3.05) is 13.1 Å². The predicted octanol–water partition coefficient (Wildman–Crippen LogP) is 2.82. The Hall–Kier alpha value is -0.570. The molecule has 1 N–H and O–H groups in total. The molecule has 0 saturated heterocycles. The second-order valence-electron chi connectivity index (χ2n) is 7.10. The van der Waals surface area contributed by atoms with Gasteiger partial charge in [-0.15, -0.1) is 0 Å². The number of hydrogen-bond acceptors (Lipinski definition) is 2. The minimum absolute atomic E-state index is 0.167. The summed E-state index contributed by atoms with van der Waals surface area (Å²) < 4.78 is 0. The fourth-order valence-corrected chi connectivity index (χ4v) is 2.72. The van der Waals surface area contributed by atoms with Gasteiger partial charge >= 0.3 is 0 Å². The number of amides is 1. The largest absolute Gasteiger partial charge is 0.389 e. The number of nitrogens with zero attached hydrogens (tertiary/aromatic N) is 1. The highest BCUT2D eigenvalue weighted by Crippen LogP contribution is 2.38. The minimum Gasteiger partial charge on any atom is -0.389 e. The van der Waals surface area contributed by atoms with Crippen LogP contribution in [0.15, 0.2) is 0 Å². The zero-order chi connectivity index (χ0) is 14.0. The zero-order valence-electron chi connectivity index (χ0n) is 12.6. The van der Waals surface area contributed by atoms with Crippen molar-refractivity contribution >= 4 is 5.91 Å². The predicted molar refractivity (Wildman–Crippen MR) is 74.3 cm³/mol. The first-order valence-electron chi connectivity index (χ1n) is 7.16. The van der Waals surface area contributed by atoms with E-state index in [9.17, 15) is 9.90 Å². The normalized spacial score (nSPS) is 20.8. The summed E-state index contributed by atoms with van der Waals surface area (Å²) in [6.45, 7) is 11.2. The fraction of sp³-hybridized carbons (Fsp3) is 0.933. The molecule has 0 aromatic carbocycles. The molecule has 1 aliphatic carbocycles. The first-order chi connectivity index (χ1) is 8.14. The Bertz CT molecular complexity index is 281. The number of carbonyl (C=O) groups is 1. The summed E-state index contributed by atoms with van der Waals surface area (Å²) in [5, 5.41) is 9.86. The van der Waals surface area contributed by atoms with Crippen LogP contribution in [0.25, 0.3) is 0 Å². The fourth-order valence-electron chi connectivity index (χ4n) is 2.72. The van der Waals surface area contributed by atoms with Crippen LogP contribution in [0.4, 0.5) is 0 Å². The van der Waals surface area contributed by atoms with Crippen molar-refractivity contribution in [2.24, 2.45) is 11.3 Å². The van der Waals surface area contributed by atoms with Crippen LogP contribution >= 0.6 is 0 Å². The Morgan fingerprint density at radius 3 is 2.22 bits per heavy atom. The molecular formula is C15H29NO2. The van der Waals surface area contributed by atoms with E-state index >= 15 is 0 Å². The van der Waals surface area contributed by atoms with Gasteiger partial charge in [0, 0.05) is 19.0 Å². The van der Waals surface area contributed by atoms with Gasteiger partial charge in [-0.3, -0.25) is 4.79 Å². The third-order valence-corrected chi connectivity index (χ3v) is 3.96. The van der Waals surface area contributed by atoms with Gasteiger partial charge in [0.15, 0.2) is 0 Å². The summed E-state index contributed by atoms with van der Waals surface area (Å²) in [4.78, 5) is 14.2. The van der Waals surface area contributed by atoms with Crippen molar-refractivity contribution in [2.45, 2.75) is 65.9 Å². The molecule has 0 atom stereocenters. The lowest BCUT2D eigenvalue weighted by Gasteiger charge is -2.37. The van der Waals surface area contributed by atoms with E-state index in [4.69, 9.17) is 0 Å². The molecule has 0 aromatic rings. The van der Waals surface area contributed by atoms with Crippen LogP contribution in [-0.2, 0) is 4.79 Å². The quantitative estimate of drug-likeness (QED) is 0.839. The topological polar surface area (TPSA) is 40.5 Å². The van der Waals surface area contributed by atoms with E-state index in [0.29, 0.717) is 18.5 Å². The summed E-state index contributed by atoms with van der Waals surface area (Å²) in [6.07, 6.45) is 4.25. The van der Waals surface area contributed by atoms with Gasteiger partial charge in [-0.25, -0.2) is 0 Å². The second-order valence-corrected chi connectivity index (χ2v) is 7.10. The van der Waals surface area contributed by atoms with Gasteiger partial charge < -0.3 is 10.0 Å². The van der Waals surface area contributed by atoms with Crippen molar-refractivity contribution in [3.63, 3.8) is 0 Å². The first-order valence-corrected chi connectivity index (χ1v) is 7.16. The smallest absolute Gasteiger partial charge is 0.225 e. The highest BCUT2D eigenvalue weighted by molar-refractivity contribution is 5.79. The molecule has 0 aromatic heterocycles. The monoisotopic (exact) mass is 255 g/mol. The summed E-state index contributed by atoms with van der Waals surface area (Å²) >= 11 is 0. The second kappa shape index (κ2) is 5.60. The third kappa shape index (κ3) is 4.60. The first kappa shape index (κ1) is 15.5. The Morgan fingerprint density at radius 1 is 1.33 bits per heavy atom. The zero-order valence-corrected chi connectivity index (χ0v) is 12.6. The van der Waals surface area contributed by atoms with E-state index in [0.717, 1.165) is 25.7 Å². The lowest BCUT2D eigenvalue weighted by atomic mass is 9.73. The molecule has 1 saturated carbocycles. The Morgan fingerprint density at radius 2 is 1.83 bits per heavy atom. The van der Waals surface area contributed by atoms with Crippen LogP contribution in [0, 0.1) is 11.3 Å². The van der Waals surface area contributed by atoms with Gasteiger partial charge in [0.1, 0.15) is 0 Å². The van der Waals surface area contributed by atoms with Crippen LogP contribution in [0.1, 0.15) is 60.3 Å². The lowest BCUT2D eigenvalue weighted by Crippen LogP contribution is -2.45. The van der Waals surface area contributed by atoms with Crippen molar-refractivity contribution < 1.29 is 9.90 Å². The number of carbonyl (C=O) groups excluding carboxylic acids is 1. The number of likely N-dealkylation sites (N-methyl/N-ethyl adjacent to an activating group) is 1. The van der Waals surface area contributed by atoms with Crippen molar-refractivity contribution in [1.82, 2.24) is 4.90 Å². The van der Waals surface area contributed by atoms with Gasteiger partial charge in [-0.05, 0) is 51.9 Å². The van der Waals surface area contributed by atoms with E-state index in [1.165, 1.54) is 0 Å². The Balaban J connectivity index is 2.58. The SMILES string of the molecule is CCN(CC(C)(C)O)C(=O)C1CCC(C)(C)CC1. The van der Waals surface area contributed by atoms with Crippen LogP contribution < -0.4 is 0 Å². The molecule has 0 aliphatic heterocycles. The Labute approximate surface area is 112 Å². The van der Waals surface area contributed by atoms with Gasteiger partial charge in [-0.2, -0.15) is 0 Å². The van der Waals surface area contributed by atoms with Gasteiger partial charge in [-0.1, -0.05) is 13.8 Å². The molecule has 1 aliphatic rings. The summed E-state index contributed by atoms with van der Waals surface area (Å²) in [5.74, 6) is 0.399. The number of aliphatic hydroxyl groups is 1. The van der Waals surface area contributed by atoms with E-state index < -0.39 is 5.60 Å². The average Bonchev–Trinajstić information content (AvgIpc) is 2.24. The molecule has 18 heavy (non-hydrogen) atoms. The molecule has 1 fully saturated rings. The van der Waals surface area contributed by atoms with Crippen LogP contribution in [0.5, 0.6) is 0 Å². The molecule has 3 heteroatoms. The Kier molecular flexibility index (Phi) is 4.82. The number of rotatable bonds is 4. The molecule has 1 rings (SSSR count). The highest BCUT2D eigenvalue weighted by Gasteiger charge is 2.33. The van der Waals surface area contributed by atoms with Crippen molar-refractivity contribution in [1.29, 1.82) is 0 Å². The van der Waals surface area contributed by atoms with E-state index in [2.05, 4.69) is 13.8 Å². The molecule has 0 spiro atoms. The maximum absolute atomic E-state index is 12.4. The molecule has 0 heterocycles. The molecule has 106 valence electrons. The number of hydrogen-bond donors (Lipinski definition) is 1.